The van der Waals surface area contributed by atoms with Gasteiger partial charge >= 0.3 is 0 Å². The summed E-state index contributed by atoms with van der Waals surface area (Å²) < 4.78 is 39.9. The van der Waals surface area contributed by atoms with E-state index >= 15 is 0 Å². The lowest BCUT2D eigenvalue weighted by atomic mass is 10.1. The molecule has 1 N–H and O–H groups in total. The lowest BCUT2D eigenvalue weighted by Gasteiger charge is -2.26. The standard InChI is InChI=1S/C29H29NO5S/c1-34-28-18-17-26(19-25(28)20-29(31)35-22-24-13-7-3-8-14-24)30(21-23-11-5-2-6-12-23)36(32,33)27-15-9-4-10-16-27/h2-19,29,31H,20-22H2,1H3. The first-order chi connectivity index (χ1) is 17.5. The van der Waals surface area contributed by atoms with Gasteiger partial charge in [0.1, 0.15) is 5.75 Å². The topological polar surface area (TPSA) is 76.1 Å². The van der Waals surface area contributed by atoms with Crippen molar-refractivity contribution in [2.24, 2.45) is 0 Å². The molecule has 0 amide bonds. The fourth-order valence-electron chi connectivity index (χ4n) is 3.88. The molecule has 1 atom stereocenters. The number of hydrogen-bond donors (Lipinski definition) is 1. The van der Waals surface area contributed by atoms with Crippen molar-refractivity contribution in [3.8, 4) is 5.75 Å². The molecule has 4 aromatic carbocycles. The molecule has 0 heterocycles. The van der Waals surface area contributed by atoms with Crippen molar-refractivity contribution in [3.63, 3.8) is 0 Å². The highest BCUT2D eigenvalue weighted by molar-refractivity contribution is 7.92. The molecule has 0 fully saturated rings. The number of aliphatic hydroxyl groups is 1. The number of rotatable bonds is 11. The van der Waals surface area contributed by atoms with Crippen LogP contribution in [-0.4, -0.2) is 26.9 Å². The van der Waals surface area contributed by atoms with Gasteiger partial charge in [0.05, 0.1) is 30.8 Å². The average molecular weight is 504 g/mol. The number of methoxy groups -OCH3 is 1. The predicted molar refractivity (Wildman–Crippen MR) is 140 cm³/mol. The maximum Gasteiger partial charge on any atom is 0.264 e. The molecule has 7 heteroatoms. The molecule has 0 aliphatic rings. The molecule has 186 valence electrons. The van der Waals surface area contributed by atoms with Crippen molar-refractivity contribution < 1.29 is 23.0 Å². The summed E-state index contributed by atoms with van der Waals surface area (Å²) in [4.78, 5) is 0.199. The van der Waals surface area contributed by atoms with E-state index in [-0.39, 0.29) is 24.5 Å². The smallest absolute Gasteiger partial charge is 0.264 e. The molecule has 4 rings (SSSR count). The van der Waals surface area contributed by atoms with Crippen molar-refractivity contribution in [2.45, 2.75) is 30.8 Å². The largest absolute Gasteiger partial charge is 0.496 e. The van der Waals surface area contributed by atoms with Crippen LogP contribution in [0, 0.1) is 0 Å². The minimum Gasteiger partial charge on any atom is -0.496 e. The van der Waals surface area contributed by atoms with Gasteiger partial charge in [-0.15, -0.1) is 0 Å². The zero-order valence-corrected chi connectivity index (χ0v) is 20.8. The third-order valence-corrected chi connectivity index (χ3v) is 7.52. The Morgan fingerprint density at radius 2 is 1.39 bits per heavy atom. The molecule has 4 aromatic rings. The summed E-state index contributed by atoms with van der Waals surface area (Å²) in [7, 11) is -2.32. The Balaban J connectivity index is 1.64. The number of anilines is 1. The Bertz CT molecular complexity index is 1350. The summed E-state index contributed by atoms with van der Waals surface area (Å²) in [6.07, 6.45) is -0.961. The van der Waals surface area contributed by atoms with E-state index in [4.69, 9.17) is 9.47 Å². The first-order valence-corrected chi connectivity index (χ1v) is 13.0. The maximum atomic E-state index is 13.7. The second kappa shape index (κ2) is 11.9. The quantitative estimate of drug-likeness (QED) is 0.286. The van der Waals surface area contributed by atoms with Crippen LogP contribution in [0.4, 0.5) is 5.69 Å². The van der Waals surface area contributed by atoms with Crippen molar-refractivity contribution in [1.29, 1.82) is 0 Å². The SMILES string of the molecule is COc1ccc(N(Cc2ccccc2)S(=O)(=O)c2ccccc2)cc1CC(O)OCc1ccccc1. The summed E-state index contributed by atoms with van der Waals surface area (Å²) in [5.74, 6) is 0.540. The van der Waals surface area contributed by atoms with Gasteiger partial charge in [-0.1, -0.05) is 78.9 Å². The minimum atomic E-state index is -3.86. The van der Waals surface area contributed by atoms with Gasteiger partial charge in [0.25, 0.3) is 10.0 Å². The Labute approximate surface area is 212 Å². The average Bonchev–Trinajstić information content (AvgIpc) is 2.92. The molecule has 0 saturated carbocycles. The Morgan fingerprint density at radius 3 is 2.00 bits per heavy atom. The lowest BCUT2D eigenvalue weighted by Crippen LogP contribution is -2.30. The first kappa shape index (κ1) is 25.4. The van der Waals surface area contributed by atoms with Crippen LogP contribution >= 0.6 is 0 Å². The predicted octanol–water partition coefficient (Wildman–Crippen LogP) is 5.17. The molecule has 1 unspecified atom stereocenters. The van der Waals surface area contributed by atoms with Gasteiger partial charge in [0.15, 0.2) is 6.29 Å². The van der Waals surface area contributed by atoms with Gasteiger partial charge < -0.3 is 14.6 Å². The molecule has 0 radical (unpaired) electrons. The monoisotopic (exact) mass is 503 g/mol. The third-order valence-electron chi connectivity index (χ3n) is 5.73. The molecule has 0 bridgehead atoms. The van der Waals surface area contributed by atoms with Crippen LogP contribution in [0.3, 0.4) is 0 Å². The highest BCUT2D eigenvalue weighted by Crippen LogP contribution is 2.31. The lowest BCUT2D eigenvalue weighted by molar-refractivity contribution is -0.106. The van der Waals surface area contributed by atoms with Crippen LogP contribution in [-0.2, 0) is 34.3 Å². The van der Waals surface area contributed by atoms with Gasteiger partial charge in [-0.2, -0.15) is 0 Å². The zero-order chi connectivity index (χ0) is 25.4. The molecule has 36 heavy (non-hydrogen) atoms. The van der Waals surface area contributed by atoms with Gasteiger partial charge in [0.2, 0.25) is 0 Å². The number of ether oxygens (including phenoxy) is 2. The number of benzene rings is 4. The molecular formula is C29H29NO5S. The van der Waals surface area contributed by atoms with Gasteiger partial charge in [-0.05, 0) is 41.5 Å². The van der Waals surface area contributed by atoms with Crippen molar-refractivity contribution >= 4 is 15.7 Å². The number of aliphatic hydroxyl groups excluding tert-OH is 1. The van der Waals surface area contributed by atoms with Gasteiger partial charge in [-0.3, -0.25) is 4.31 Å². The van der Waals surface area contributed by atoms with E-state index in [1.165, 1.54) is 11.4 Å². The number of nitrogens with zero attached hydrogens (tertiary/aromatic N) is 1. The van der Waals surface area contributed by atoms with Gasteiger partial charge in [0, 0.05) is 12.0 Å². The Morgan fingerprint density at radius 1 is 0.806 bits per heavy atom. The first-order valence-electron chi connectivity index (χ1n) is 11.6. The van der Waals surface area contributed by atoms with Crippen molar-refractivity contribution in [1.82, 2.24) is 0 Å². The summed E-state index contributed by atoms with van der Waals surface area (Å²) in [5.41, 5.74) is 2.89. The van der Waals surface area contributed by atoms with E-state index in [1.54, 1.807) is 48.5 Å². The fraction of sp³-hybridized carbons (Fsp3) is 0.172. The Hall–Kier alpha value is -3.65. The fourth-order valence-corrected chi connectivity index (χ4v) is 5.34. The number of sulfonamides is 1. The van der Waals surface area contributed by atoms with E-state index < -0.39 is 16.3 Å². The van der Waals surface area contributed by atoms with E-state index in [2.05, 4.69) is 0 Å². The van der Waals surface area contributed by atoms with Crippen LogP contribution in [0.1, 0.15) is 16.7 Å². The zero-order valence-electron chi connectivity index (χ0n) is 20.0. The van der Waals surface area contributed by atoms with Crippen LogP contribution in [0.2, 0.25) is 0 Å². The maximum absolute atomic E-state index is 13.7. The molecule has 0 spiro atoms. The summed E-state index contributed by atoms with van der Waals surface area (Å²) in [6, 6.07) is 32.5. The molecule has 6 nitrogen and oxygen atoms in total. The number of hydrogen-bond acceptors (Lipinski definition) is 5. The second-order valence-corrected chi connectivity index (χ2v) is 10.1. The van der Waals surface area contributed by atoms with Crippen molar-refractivity contribution in [2.75, 3.05) is 11.4 Å². The highest BCUT2D eigenvalue weighted by atomic mass is 32.2. The molecule has 0 saturated heterocycles. The molecular weight excluding hydrogens is 474 g/mol. The van der Waals surface area contributed by atoms with E-state index in [0.29, 0.717) is 17.0 Å². The van der Waals surface area contributed by atoms with Crippen LogP contribution in [0.15, 0.2) is 114 Å². The molecule has 0 aliphatic heterocycles. The van der Waals surface area contributed by atoms with Crippen molar-refractivity contribution in [3.05, 3.63) is 126 Å². The molecule has 0 aliphatic carbocycles. The van der Waals surface area contributed by atoms with E-state index in [9.17, 15) is 13.5 Å². The summed E-state index contributed by atoms with van der Waals surface area (Å²) >= 11 is 0. The van der Waals surface area contributed by atoms with E-state index in [1.807, 2.05) is 60.7 Å². The third kappa shape index (κ3) is 6.31. The normalized spacial score (nSPS) is 12.2. The second-order valence-electron chi connectivity index (χ2n) is 8.26. The summed E-state index contributed by atoms with van der Waals surface area (Å²) in [5, 5.41) is 10.6. The van der Waals surface area contributed by atoms with Gasteiger partial charge in [-0.25, -0.2) is 8.42 Å². The van der Waals surface area contributed by atoms with E-state index in [0.717, 1.165) is 11.1 Å². The highest BCUT2D eigenvalue weighted by Gasteiger charge is 2.26. The summed E-state index contributed by atoms with van der Waals surface area (Å²) in [6.45, 7) is 0.406. The van der Waals surface area contributed by atoms with Crippen LogP contribution < -0.4 is 9.04 Å². The van der Waals surface area contributed by atoms with Crippen LogP contribution in [0.5, 0.6) is 5.75 Å². The molecule has 0 aromatic heterocycles. The minimum absolute atomic E-state index is 0.133. The van der Waals surface area contributed by atoms with Crippen LogP contribution in [0.25, 0.3) is 0 Å². The Kier molecular flexibility index (Phi) is 8.38.